The summed E-state index contributed by atoms with van der Waals surface area (Å²) in [6.07, 6.45) is 3.11. The van der Waals surface area contributed by atoms with Crippen molar-refractivity contribution in [2.45, 2.75) is 43.8 Å². The number of benzene rings is 1. The summed E-state index contributed by atoms with van der Waals surface area (Å²) in [5, 5.41) is 14.7. The second-order valence-electron chi connectivity index (χ2n) is 6.99. The van der Waals surface area contributed by atoms with Crippen molar-refractivity contribution in [2.24, 2.45) is 22.2 Å². The highest BCUT2D eigenvalue weighted by molar-refractivity contribution is 7.98. The van der Waals surface area contributed by atoms with Gasteiger partial charge in [0.2, 0.25) is 11.8 Å². The number of carbonyl (C=O) groups excluding carboxylic acids is 2. The first-order valence-corrected chi connectivity index (χ1v) is 11.3. The normalized spacial score (nSPS) is 13.5. The van der Waals surface area contributed by atoms with Crippen LogP contribution in [-0.2, 0) is 20.8 Å². The number of aliphatic imine (C=N–C) groups is 1. The van der Waals surface area contributed by atoms with Gasteiger partial charge in [-0.3, -0.25) is 14.6 Å². The fourth-order valence-electron chi connectivity index (χ4n) is 2.75. The largest absolute Gasteiger partial charge is 0.480 e. The third-order valence-electron chi connectivity index (χ3n) is 4.45. The Balaban J connectivity index is 2.84. The van der Waals surface area contributed by atoms with Crippen LogP contribution in [0.15, 0.2) is 35.3 Å². The molecule has 0 unspecified atom stereocenters. The molecule has 3 atom stereocenters. The summed E-state index contributed by atoms with van der Waals surface area (Å²) < 4.78 is 0. The van der Waals surface area contributed by atoms with Gasteiger partial charge in [-0.25, -0.2) is 4.79 Å². The van der Waals surface area contributed by atoms with E-state index in [1.54, 1.807) is 36.0 Å². The van der Waals surface area contributed by atoms with Crippen LogP contribution in [0.5, 0.6) is 0 Å². The molecule has 31 heavy (non-hydrogen) atoms. The topological polar surface area (TPSA) is 186 Å². The van der Waals surface area contributed by atoms with Gasteiger partial charge in [-0.1, -0.05) is 30.3 Å². The summed E-state index contributed by atoms with van der Waals surface area (Å²) in [4.78, 5) is 40.8. The Labute approximate surface area is 186 Å². The van der Waals surface area contributed by atoms with E-state index in [9.17, 15) is 19.5 Å². The number of carboxylic acid groups (broad SMARTS) is 1. The van der Waals surface area contributed by atoms with Gasteiger partial charge in [0.15, 0.2) is 5.96 Å². The molecule has 1 aromatic rings. The molecule has 0 saturated carbocycles. The van der Waals surface area contributed by atoms with Gasteiger partial charge in [0, 0.05) is 13.0 Å². The molecule has 0 heterocycles. The Morgan fingerprint density at radius 3 is 2.29 bits per heavy atom. The third-order valence-corrected chi connectivity index (χ3v) is 5.09. The quantitative estimate of drug-likeness (QED) is 0.123. The Kier molecular flexibility index (Phi) is 12.1. The smallest absolute Gasteiger partial charge is 0.326 e. The summed E-state index contributed by atoms with van der Waals surface area (Å²) in [7, 11) is 0. The number of nitrogens with one attached hydrogen (secondary N) is 2. The van der Waals surface area contributed by atoms with Crippen molar-refractivity contribution in [3.63, 3.8) is 0 Å². The molecule has 11 heteroatoms. The van der Waals surface area contributed by atoms with Crippen LogP contribution in [0.2, 0.25) is 0 Å². The first-order valence-electron chi connectivity index (χ1n) is 9.92. The molecule has 0 spiro atoms. The SMILES string of the molecule is CSCC[C@H](N)C(=O)N[C@H](CCCN=C(N)N)C(=O)N[C@@H](Cc1ccccc1)C(=O)O. The molecule has 0 radical (unpaired) electrons. The number of nitrogens with two attached hydrogens (primary N) is 3. The fraction of sp³-hybridized carbons (Fsp3) is 0.500. The van der Waals surface area contributed by atoms with Crippen LogP contribution in [0.3, 0.4) is 0 Å². The van der Waals surface area contributed by atoms with E-state index in [0.717, 1.165) is 5.56 Å². The Morgan fingerprint density at radius 2 is 1.71 bits per heavy atom. The van der Waals surface area contributed by atoms with Crippen LogP contribution in [0, 0.1) is 0 Å². The summed E-state index contributed by atoms with van der Waals surface area (Å²) in [5.41, 5.74) is 17.3. The maximum absolute atomic E-state index is 12.8. The summed E-state index contributed by atoms with van der Waals surface area (Å²) >= 11 is 1.56. The molecule has 0 saturated heterocycles. The van der Waals surface area contributed by atoms with Crippen LogP contribution in [0.25, 0.3) is 0 Å². The first kappa shape index (κ1) is 26.2. The number of thioether (sulfide) groups is 1. The highest BCUT2D eigenvalue weighted by Gasteiger charge is 2.27. The zero-order valence-electron chi connectivity index (χ0n) is 17.6. The van der Waals surface area contributed by atoms with E-state index in [4.69, 9.17) is 17.2 Å². The highest BCUT2D eigenvalue weighted by atomic mass is 32.2. The molecule has 0 aliphatic carbocycles. The van der Waals surface area contributed by atoms with Crippen LogP contribution in [0.1, 0.15) is 24.8 Å². The predicted octanol–water partition coefficient (Wildman–Crippen LogP) is -0.583. The van der Waals surface area contributed by atoms with Crippen molar-refractivity contribution in [1.82, 2.24) is 10.6 Å². The minimum atomic E-state index is -1.17. The molecule has 9 N–H and O–H groups in total. The summed E-state index contributed by atoms with van der Waals surface area (Å²) in [6, 6.07) is 6.09. The van der Waals surface area contributed by atoms with Gasteiger partial charge < -0.3 is 32.9 Å². The van der Waals surface area contributed by atoms with E-state index in [0.29, 0.717) is 18.6 Å². The number of aliphatic carboxylic acids is 1. The van der Waals surface area contributed by atoms with E-state index < -0.39 is 35.9 Å². The van der Waals surface area contributed by atoms with Crippen molar-refractivity contribution in [2.75, 3.05) is 18.6 Å². The van der Waals surface area contributed by atoms with Crippen molar-refractivity contribution in [3.8, 4) is 0 Å². The van der Waals surface area contributed by atoms with E-state index in [1.807, 2.05) is 12.3 Å². The lowest BCUT2D eigenvalue weighted by molar-refractivity contribution is -0.142. The fourth-order valence-corrected chi connectivity index (χ4v) is 3.24. The number of rotatable bonds is 14. The Morgan fingerprint density at radius 1 is 1.06 bits per heavy atom. The number of carboxylic acids is 1. The number of guanidine groups is 1. The maximum Gasteiger partial charge on any atom is 0.326 e. The van der Waals surface area contributed by atoms with E-state index in [-0.39, 0.29) is 25.3 Å². The summed E-state index contributed by atoms with van der Waals surface area (Å²) in [6.45, 7) is 0.271. The molecule has 10 nitrogen and oxygen atoms in total. The third kappa shape index (κ3) is 10.7. The predicted molar refractivity (Wildman–Crippen MR) is 123 cm³/mol. The monoisotopic (exact) mass is 452 g/mol. The van der Waals surface area contributed by atoms with Gasteiger partial charge in [-0.05, 0) is 36.8 Å². The maximum atomic E-state index is 12.8. The van der Waals surface area contributed by atoms with Gasteiger partial charge in [-0.15, -0.1) is 0 Å². The average Bonchev–Trinajstić information content (AvgIpc) is 2.73. The minimum Gasteiger partial charge on any atom is -0.480 e. The molecule has 0 aliphatic rings. The lowest BCUT2D eigenvalue weighted by atomic mass is 10.0. The lowest BCUT2D eigenvalue weighted by Gasteiger charge is -2.23. The van der Waals surface area contributed by atoms with Gasteiger partial charge in [0.05, 0.1) is 6.04 Å². The molecule has 2 amide bonds. The molecule has 1 rings (SSSR count). The highest BCUT2D eigenvalue weighted by Crippen LogP contribution is 2.06. The molecule has 172 valence electrons. The second-order valence-corrected chi connectivity index (χ2v) is 7.97. The van der Waals surface area contributed by atoms with Crippen LogP contribution in [-0.4, -0.2) is 65.5 Å². The van der Waals surface area contributed by atoms with Crippen molar-refractivity contribution >= 4 is 35.5 Å². The number of hydrogen-bond donors (Lipinski definition) is 6. The standard InChI is InChI=1S/C20H32N6O4S/c1-31-11-9-14(21)17(27)25-15(8-5-10-24-20(22)23)18(28)26-16(19(29)30)12-13-6-3-2-4-7-13/h2-4,6-7,14-16H,5,8-12,21H2,1H3,(H,25,27)(H,26,28)(H,29,30)(H4,22,23,24)/t14-,15+,16-/m0/s1. The number of hydrogen-bond acceptors (Lipinski definition) is 6. The van der Waals surface area contributed by atoms with Crippen LogP contribution < -0.4 is 27.8 Å². The van der Waals surface area contributed by atoms with Crippen molar-refractivity contribution in [1.29, 1.82) is 0 Å². The van der Waals surface area contributed by atoms with E-state index >= 15 is 0 Å². The van der Waals surface area contributed by atoms with Gasteiger partial charge >= 0.3 is 5.97 Å². The molecular weight excluding hydrogens is 420 g/mol. The van der Waals surface area contributed by atoms with E-state index in [2.05, 4.69) is 15.6 Å². The minimum absolute atomic E-state index is 0.0714. The van der Waals surface area contributed by atoms with Crippen molar-refractivity contribution in [3.05, 3.63) is 35.9 Å². The molecule has 1 aromatic carbocycles. The number of nitrogens with zero attached hydrogens (tertiary/aromatic N) is 1. The Bertz CT molecular complexity index is 742. The Hall–Kier alpha value is -2.79. The molecule has 0 bridgehead atoms. The van der Waals surface area contributed by atoms with E-state index in [1.165, 1.54) is 0 Å². The number of carbonyl (C=O) groups is 3. The van der Waals surface area contributed by atoms with Gasteiger partial charge in [0.25, 0.3) is 0 Å². The molecular formula is C20H32N6O4S. The second kappa shape index (κ2) is 14.3. The van der Waals surface area contributed by atoms with Gasteiger partial charge in [-0.2, -0.15) is 11.8 Å². The lowest BCUT2D eigenvalue weighted by Crippen LogP contribution is -2.55. The van der Waals surface area contributed by atoms with Gasteiger partial charge in [0.1, 0.15) is 12.1 Å². The zero-order valence-corrected chi connectivity index (χ0v) is 18.4. The molecule has 0 aromatic heterocycles. The van der Waals surface area contributed by atoms with Crippen molar-refractivity contribution < 1.29 is 19.5 Å². The average molecular weight is 453 g/mol. The number of amides is 2. The van der Waals surface area contributed by atoms with Crippen LogP contribution >= 0.6 is 11.8 Å². The van der Waals surface area contributed by atoms with Crippen LogP contribution in [0.4, 0.5) is 0 Å². The molecule has 0 fully saturated rings. The molecule has 0 aliphatic heterocycles. The summed E-state index contributed by atoms with van der Waals surface area (Å²) in [5.74, 6) is -1.60. The zero-order chi connectivity index (χ0) is 23.2. The first-order chi connectivity index (χ1) is 14.7.